The molecule has 1 atom stereocenters. The minimum atomic E-state index is -0.846. The van der Waals surface area contributed by atoms with Gasteiger partial charge >= 0.3 is 11.9 Å². The number of hydrogen-bond acceptors (Lipinski definition) is 5. The van der Waals surface area contributed by atoms with Crippen molar-refractivity contribution < 1.29 is 23.9 Å². The highest BCUT2D eigenvalue weighted by atomic mass is 16.5. The number of rotatable bonds is 7. The van der Waals surface area contributed by atoms with E-state index in [9.17, 15) is 14.4 Å². The number of ether oxygens (including phenoxy) is 2. The first-order valence-electron chi connectivity index (χ1n) is 11.5. The lowest BCUT2D eigenvalue weighted by Gasteiger charge is -2.57. The van der Waals surface area contributed by atoms with Crippen molar-refractivity contribution in [1.29, 1.82) is 0 Å². The number of amides is 1. The number of nitrogens with one attached hydrogen (secondary N) is 1. The number of esters is 2. The van der Waals surface area contributed by atoms with Crippen molar-refractivity contribution in [3.63, 3.8) is 0 Å². The fourth-order valence-corrected chi connectivity index (χ4v) is 6.50. The molecule has 4 aliphatic rings. The molecule has 170 valence electrons. The standard InChI is InChI=1S/C24H34N2O5/c1-5-30-23(29)20-6-14(2)26(15(20)3)13-21(27)31-16(4)22(28)25-24-10-17-7-18(11-24)9-19(8-17)12-24/h6,16-19H,5,7-13H2,1-4H3,(H,25,28)/t16-,17?,18?,19?,24?/m1/s1. The molecule has 5 rings (SSSR count). The minimum Gasteiger partial charge on any atom is -0.462 e. The van der Waals surface area contributed by atoms with Crippen LogP contribution in [0.1, 0.15) is 74.1 Å². The lowest BCUT2D eigenvalue weighted by molar-refractivity contribution is -0.157. The fraction of sp³-hybridized carbons (Fsp3) is 0.708. The molecule has 1 heterocycles. The number of aryl methyl sites for hydroxylation is 1. The maximum absolute atomic E-state index is 12.9. The van der Waals surface area contributed by atoms with E-state index >= 15 is 0 Å². The Labute approximate surface area is 183 Å². The summed E-state index contributed by atoms with van der Waals surface area (Å²) in [6.07, 6.45) is 6.26. The molecular weight excluding hydrogens is 396 g/mol. The number of nitrogens with zero attached hydrogens (tertiary/aromatic N) is 1. The van der Waals surface area contributed by atoms with Gasteiger partial charge in [-0.25, -0.2) is 4.79 Å². The number of hydrogen-bond donors (Lipinski definition) is 1. The Hall–Kier alpha value is -2.31. The second kappa shape index (κ2) is 8.32. The van der Waals surface area contributed by atoms with Crippen LogP contribution in [0.3, 0.4) is 0 Å². The van der Waals surface area contributed by atoms with Gasteiger partial charge in [0.1, 0.15) is 6.54 Å². The zero-order valence-corrected chi connectivity index (χ0v) is 19.0. The van der Waals surface area contributed by atoms with E-state index in [1.807, 2.05) is 6.92 Å². The van der Waals surface area contributed by atoms with E-state index in [4.69, 9.17) is 9.47 Å². The van der Waals surface area contributed by atoms with Crippen LogP contribution in [0.25, 0.3) is 0 Å². The van der Waals surface area contributed by atoms with E-state index in [1.165, 1.54) is 19.3 Å². The van der Waals surface area contributed by atoms with Crippen LogP contribution in [-0.4, -0.2) is 40.7 Å². The zero-order chi connectivity index (χ0) is 22.3. The Kier molecular flexibility index (Phi) is 5.88. The van der Waals surface area contributed by atoms with Crippen LogP contribution >= 0.6 is 0 Å². The Bertz CT molecular complexity index is 851. The van der Waals surface area contributed by atoms with Gasteiger partial charge in [-0.1, -0.05) is 0 Å². The molecule has 0 aromatic carbocycles. The monoisotopic (exact) mass is 430 g/mol. The molecule has 1 aromatic rings. The predicted molar refractivity (Wildman–Crippen MR) is 114 cm³/mol. The van der Waals surface area contributed by atoms with Crippen LogP contribution in [0.15, 0.2) is 6.07 Å². The van der Waals surface area contributed by atoms with Gasteiger partial charge < -0.3 is 19.4 Å². The van der Waals surface area contributed by atoms with Crippen molar-refractivity contribution in [3.8, 4) is 0 Å². The van der Waals surface area contributed by atoms with Crippen LogP contribution in [0.5, 0.6) is 0 Å². The SMILES string of the molecule is CCOC(=O)c1cc(C)n(CC(=O)O[C@H](C)C(=O)NC23CC4CC(CC(C4)C2)C3)c1C. The summed E-state index contributed by atoms with van der Waals surface area (Å²) in [5.41, 5.74) is 1.76. The van der Waals surface area contributed by atoms with Crippen molar-refractivity contribution in [2.75, 3.05) is 6.61 Å². The molecular formula is C24H34N2O5. The van der Waals surface area contributed by atoms with Crippen LogP contribution in [0.4, 0.5) is 0 Å². The van der Waals surface area contributed by atoms with Crippen LogP contribution in [0.2, 0.25) is 0 Å². The number of carbonyl (C=O) groups is 3. The van der Waals surface area contributed by atoms with Crippen LogP contribution in [-0.2, 0) is 25.6 Å². The van der Waals surface area contributed by atoms with Gasteiger partial charge in [-0.05, 0) is 90.0 Å². The van der Waals surface area contributed by atoms with Crippen molar-refractivity contribution in [1.82, 2.24) is 9.88 Å². The lowest BCUT2D eigenvalue weighted by Crippen LogP contribution is -2.61. The molecule has 7 heteroatoms. The maximum Gasteiger partial charge on any atom is 0.339 e. The smallest absolute Gasteiger partial charge is 0.339 e. The second-order valence-corrected chi connectivity index (χ2v) is 9.91. The fourth-order valence-electron chi connectivity index (χ4n) is 6.50. The second-order valence-electron chi connectivity index (χ2n) is 9.91. The molecule has 0 spiro atoms. The molecule has 31 heavy (non-hydrogen) atoms. The van der Waals surface area contributed by atoms with Gasteiger partial charge in [0.2, 0.25) is 0 Å². The van der Waals surface area contributed by atoms with Crippen LogP contribution in [0, 0.1) is 31.6 Å². The van der Waals surface area contributed by atoms with Crippen molar-refractivity contribution in [2.45, 2.75) is 84.4 Å². The Balaban J connectivity index is 1.35. The van der Waals surface area contributed by atoms with Crippen LogP contribution < -0.4 is 5.32 Å². The van der Waals surface area contributed by atoms with Gasteiger partial charge in [-0.3, -0.25) is 9.59 Å². The molecule has 0 radical (unpaired) electrons. The first kappa shape index (κ1) is 21.9. The summed E-state index contributed by atoms with van der Waals surface area (Å²) < 4.78 is 12.3. The highest BCUT2D eigenvalue weighted by Crippen LogP contribution is 2.55. The third-order valence-electron chi connectivity index (χ3n) is 7.46. The zero-order valence-electron chi connectivity index (χ0n) is 19.0. The van der Waals surface area contributed by atoms with Gasteiger partial charge in [0.15, 0.2) is 6.10 Å². The first-order chi connectivity index (χ1) is 14.7. The quantitative estimate of drug-likeness (QED) is 0.671. The summed E-state index contributed by atoms with van der Waals surface area (Å²) in [6.45, 7) is 7.23. The molecule has 0 unspecified atom stereocenters. The average molecular weight is 431 g/mol. The Morgan fingerprint density at radius 1 is 1.13 bits per heavy atom. The van der Waals surface area contributed by atoms with E-state index in [0.717, 1.165) is 42.7 Å². The Morgan fingerprint density at radius 3 is 2.26 bits per heavy atom. The largest absolute Gasteiger partial charge is 0.462 e. The highest BCUT2D eigenvalue weighted by molar-refractivity contribution is 5.91. The summed E-state index contributed by atoms with van der Waals surface area (Å²) in [7, 11) is 0. The molecule has 4 bridgehead atoms. The molecule has 4 saturated carbocycles. The third-order valence-corrected chi connectivity index (χ3v) is 7.46. The highest BCUT2D eigenvalue weighted by Gasteiger charge is 2.51. The van der Waals surface area contributed by atoms with Gasteiger partial charge in [-0.15, -0.1) is 0 Å². The summed E-state index contributed by atoms with van der Waals surface area (Å²) in [4.78, 5) is 37.5. The molecule has 0 aliphatic heterocycles. The van der Waals surface area contributed by atoms with Gasteiger partial charge in [-0.2, -0.15) is 0 Å². The van der Waals surface area contributed by atoms with Crippen molar-refractivity contribution in [3.05, 3.63) is 23.0 Å². The van der Waals surface area contributed by atoms with Crippen molar-refractivity contribution in [2.24, 2.45) is 17.8 Å². The molecule has 1 aromatic heterocycles. The van der Waals surface area contributed by atoms with E-state index in [2.05, 4.69) is 5.32 Å². The van der Waals surface area contributed by atoms with Gasteiger partial charge in [0.25, 0.3) is 5.91 Å². The van der Waals surface area contributed by atoms with Gasteiger partial charge in [0, 0.05) is 16.9 Å². The maximum atomic E-state index is 12.9. The van der Waals surface area contributed by atoms with E-state index in [0.29, 0.717) is 17.9 Å². The molecule has 1 amide bonds. The molecule has 7 nitrogen and oxygen atoms in total. The van der Waals surface area contributed by atoms with E-state index in [1.54, 1.807) is 31.4 Å². The average Bonchev–Trinajstić information content (AvgIpc) is 2.95. The predicted octanol–water partition coefficient (Wildman–Crippen LogP) is 3.30. The summed E-state index contributed by atoms with van der Waals surface area (Å²) >= 11 is 0. The normalized spacial score (nSPS) is 29.5. The van der Waals surface area contributed by atoms with E-state index in [-0.39, 0.29) is 18.0 Å². The van der Waals surface area contributed by atoms with E-state index < -0.39 is 18.0 Å². The summed E-state index contributed by atoms with van der Waals surface area (Å²) in [5.74, 6) is 1.10. The number of carbonyl (C=O) groups excluding carboxylic acids is 3. The number of aromatic nitrogens is 1. The first-order valence-corrected chi connectivity index (χ1v) is 11.5. The molecule has 1 N–H and O–H groups in total. The minimum absolute atomic E-state index is 0.0495. The Morgan fingerprint density at radius 2 is 1.71 bits per heavy atom. The summed E-state index contributed by atoms with van der Waals surface area (Å²) in [6, 6.07) is 1.71. The van der Waals surface area contributed by atoms with Gasteiger partial charge in [0.05, 0.1) is 12.2 Å². The molecule has 0 saturated heterocycles. The summed E-state index contributed by atoms with van der Waals surface area (Å²) in [5, 5.41) is 3.27. The van der Waals surface area contributed by atoms with Crippen molar-refractivity contribution >= 4 is 17.8 Å². The molecule has 4 aliphatic carbocycles. The molecule has 4 fully saturated rings. The third kappa shape index (κ3) is 4.37. The topological polar surface area (TPSA) is 86.6 Å². The lowest BCUT2D eigenvalue weighted by atomic mass is 9.53.